The van der Waals surface area contributed by atoms with Crippen LogP contribution in [0.15, 0.2) is 42.9 Å². The molecule has 4 aromatic rings. The van der Waals surface area contributed by atoms with Crippen molar-refractivity contribution in [1.82, 2.24) is 25.1 Å². The summed E-state index contributed by atoms with van der Waals surface area (Å²) in [6, 6.07) is 5.65. The molecule has 1 fully saturated rings. The molecule has 31 heavy (non-hydrogen) atoms. The number of rotatable bonds is 5. The molecule has 0 radical (unpaired) electrons. The maximum atomic E-state index is 14.6. The van der Waals surface area contributed by atoms with E-state index >= 15 is 0 Å². The van der Waals surface area contributed by atoms with E-state index in [9.17, 15) is 13.6 Å². The van der Waals surface area contributed by atoms with Crippen molar-refractivity contribution in [2.75, 3.05) is 5.32 Å². The highest BCUT2D eigenvalue weighted by atomic mass is 19.1. The molecular weight excluding hydrogens is 404 g/mol. The van der Waals surface area contributed by atoms with Crippen LogP contribution in [0.2, 0.25) is 0 Å². The minimum absolute atomic E-state index is 0.0276. The number of aromatic nitrogens is 5. The molecule has 1 aliphatic rings. The SMILES string of the molecule is NC(=O)c1n[nH]c2cc(F)c(-c3cnc(NC4(c5ncccc5F)CCC4)nc3)cc12. The number of fused-ring (bicyclic) bond motifs is 1. The van der Waals surface area contributed by atoms with Crippen molar-refractivity contribution in [3.63, 3.8) is 0 Å². The van der Waals surface area contributed by atoms with Crippen LogP contribution in [0.5, 0.6) is 0 Å². The van der Waals surface area contributed by atoms with Crippen molar-refractivity contribution >= 4 is 22.8 Å². The molecule has 156 valence electrons. The second kappa shape index (κ2) is 7.08. The molecule has 0 aliphatic heterocycles. The highest BCUT2D eigenvalue weighted by Gasteiger charge is 2.42. The summed E-state index contributed by atoms with van der Waals surface area (Å²) in [5, 5.41) is 10.0. The number of anilines is 1. The van der Waals surface area contributed by atoms with Gasteiger partial charge < -0.3 is 11.1 Å². The van der Waals surface area contributed by atoms with Gasteiger partial charge in [-0.25, -0.2) is 18.7 Å². The molecule has 1 aliphatic carbocycles. The third-order valence-electron chi connectivity index (χ3n) is 5.62. The first-order valence-corrected chi connectivity index (χ1v) is 9.66. The first kappa shape index (κ1) is 19.0. The van der Waals surface area contributed by atoms with Crippen LogP contribution in [-0.2, 0) is 5.54 Å². The Bertz CT molecular complexity index is 1300. The average molecular weight is 421 g/mol. The van der Waals surface area contributed by atoms with Crippen LogP contribution in [0.1, 0.15) is 35.4 Å². The number of nitrogens with one attached hydrogen (secondary N) is 2. The van der Waals surface area contributed by atoms with E-state index in [-0.39, 0.29) is 23.0 Å². The molecular formula is C21H17F2N7O. The Morgan fingerprint density at radius 3 is 2.55 bits per heavy atom. The Labute approximate surface area is 174 Å². The van der Waals surface area contributed by atoms with Gasteiger partial charge in [-0.05, 0) is 37.5 Å². The number of carbonyl (C=O) groups excluding carboxylic acids is 1. The highest BCUT2D eigenvalue weighted by Crippen LogP contribution is 2.43. The smallest absolute Gasteiger partial charge is 0.269 e. The number of halogens is 2. The summed E-state index contributed by atoms with van der Waals surface area (Å²) >= 11 is 0. The Hall–Kier alpha value is -3.95. The number of nitrogens with zero attached hydrogens (tertiary/aromatic N) is 4. The lowest BCUT2D eigenvalue weighted by Crippen LogP contribution is -2.44. The van der Waals surface area contributed by atoms with Gasteiger partial charge in [0.05, 0.1) is 11.1 Å². The van der Waals surface area contributed by atoms with Gasteiger partial charge in [0.1, 0.15) is 17.3 Å². The summed E-state index contributed by atoms with van der Waals surface area (Å²) in [6.45, 7) is 0. The molecule has 1 amide bonds. The van der Waals surface area contributed by atoms with Crippen LogP contribution in [0, 0.1) is 11.6 Å². The fourth-order valence-corrected chi connectivity index (χ4v) is 3.88. The molecule has 0 spiro atoms. The number of hydrogen-bond acceptors (Lipinski definition) is 6. The molecule has 5 rings (SSSR count). The van der Waals surface area contributed by atoms with Crippen molar-refractivity contribution in [2.24, 2.45) is 5.73 Å². The van der Waals surface area contributed by atoms with Gasteiger partial charge in [-0.1, -0.05) is 0 Å². The first-order chi connectivity index (χ1) is 15.0. The van der Waals surface area contributed by atoms with Gasteiger partial charge in [0, 0.05) is 41.2 Å². The van der Waals surface area contributed by atoms with Crippen LogP contribution in [0.4, 0.5) is 14.7 Å². The zero-order chi connectivity index (χ0) is 21.6. The Morgan fingerprint density at radius 1 is 1.13 bits per heavy atom. The van der Waals surface area contributed by atoms with Crippen molar-refractivity contribution in [3.05, 3.63) is 65.9 Å². The number of aromatic amines is 1. The standard InChI is InChI=1S/C21H17F2N7O/c22-14-3-1-6-25-18(14)21(4-2-5-21)28-20-26-9-11(10-27-20)12-7-13-16(8-15(12)23)29-30-17(13)19(24)31/h1,3,6-10H,2,4-5H2,(H2,24,31)(H,29,30)(H,26,27,28). The molecule has 4 N–H and O–H groups in total. The van der Waals surface area contributed by atoms with Gasteiger partial charge in [-0.15, -0.1) is 0 Å². The number of nitrogens with two attached hydrogens (primary N) is 1. The van der Waals surface area contributed by atoms with Gasteiger partial charge in [0.15, 0.2) is 5.69 Å². The van der Waals surface area contributed by atoms with Crippen molar-refractivity contribution in [2.45, 2.75) is 24.8 Å². The summed E-state index contributed by atoms with van der Waals surface area (Å²) in [6.07, 6.45) is 6.81. The Kier molecular flexibility index (Phi) is 4.35. The quantitative estimate of drug-likeness (QED) is 0.455. The Morgan fingerprint density at radius 2 is 1.90 bits per heavy atom. The predicted molar refractivity (Wildman–Crippen MR) is 109 cm³/mol. The molecule has 3 heterocycles. The van der Waals surface area contributed by atoms with Gasteiger partial charge in [-0.2, -0.15) is 5.10 Å². The summed E-state index contributed by atoms with van der Waals surface area (Å²) in [5.74, 6) is -1.34. The number of hydrogen-bond donors (Lipinski definition) is 3. The average Bonchev–Trinajstić information content (AvgIpc) is 3.14. The van der Waals surface area contributed by atoms with Gasteiger partial charge in [0.2, 0.25) is 5.95 Å². The summed E-state index contributed by atoms with van der Waals surface area (Å²) in [4.78, 5) is 24.3. The minimum Gasteiger partial charge on any atom is -0.364 e. The maximum absolute atomic E-state index is 14.6. The number of carbonyl (C=O) groups is 1. The van der Waals surface area contributed by atoms with Gasteiger partial charge in [0.25, 0.3) is 5.91 Å². The fourth-order valence-electron chi connectivity index (χ4n) is 3.88. The fraction of sp³-hybridized carbons (Fsp3) is 0.190. The van der Waals surface area contributed by atoms with Crippen LogP contribution in [0.25, 0.3) is 22.0 Å². The largest absolute Gasteiger partial charge is 0.364 e. The molecule has 0 bridgehead atoms. The van der Waals surface area contributed by atoms with E-state index in [1.807, 2.05) is 0 Å². The summed E-state index contributed by atoms with van der Waals surface area (Å²) in [5.41, 5.74) is 6.01. The molecule has 0 saturated heterocycles. The highest BCUT2D eigenvalue weighted by molar-refractivity contribution is 6.04. The molecule has 10 heteroatoms. The lowest BCUT2D eigenvalue weighted by Gasteiger charge is -2.42. The number of pyridine rings is 1. The number of benzene rings is 1. The Balaban J connectivity index is 1.47. The lowest BCUT2D eigenvalue weighted by molar-refractivity contribution is 0.0997. The maximum Gasteiger partial charge on any atom is 0.269 e. The third kappa shape index (κ3) is 3.16. The zero-order valence-corrected chi connectivity index (χ0v) is 16.2. The normalized spacial score (nSPS) is 14.9. The van der Waals surface area contributed by atoms with Crippen molar-refractivity contribution < 1.29 is 13.6 Å². The van der Waals surface area contributed by atoms with E-state index in [0.717, 1.165) is 6.42 Å². The molecule has 3 aromatic heterocycles. The number of primary amides is 1. The van der Waals surface area contributed by atoms with E-state index in [1.54, 1.807) is 12.3 Å². The van der Waals surface area contributed by atoms with E-state index < -0.39 is 17.3 Å². The molecule has 1 saturated carbocycles. The number of amides is 1. The monoisotopic (exact) mass is 421 g/mol. The zero-order valence-electron chi connectivity index (χ0n) is 16.2. The predicted octanol–water partition coefficient (Wildman–Crippen LogP) is 3.28. The third-order valence-corrected chi connectivity index (χ3v) is 5.62. The number of H-pyrrole nitrogens is 1. The van der Waals surface area contributed by atoms with E-state index in [2.05, 4.69) is 30.5 Å². The van der Waals surface area contributed by atoms with Crippen LogP contribution < -0.4 is 11.1 Å². The summed E-state index contributed by atoms with van der Waals surface area (Å²) < 4.78 is 28.9. The van der Waals surface area contributed by atoms with Gasteiger partial charge in [-0.3, -0.25) is 14.9 Å². The van der Waals surface area contributed by atoms with Crippen LogP contribution in [-0.4, -0.2) is 31.1 Å². The summed E-state index contributed by atoms with van der Waals surface area (Å²) in [7, 11) is 0. The second-order valence-electron chi connectivity index (χ2n) is 7.50. The molecule has 0 atom stereocenters. The second-order valence-corrected chi connectivity index (χ2v) is 7.50. The lowest BCUT2D eigenvalue weighted by atomic mass is 9.74. The minimum atomic E-state index is -0.716. The molecule has 8 nitrogen and oxygen atoms in total. The van der Waals surface area contributed by atoms with E-state index in [0.29, 0.717) is 35.0 Å². The van der Waals surface area contributed by atoms with E-state index in [1.165, 1.54) is 30.6 Å². The van der Waals surface area contributed by atoms with Crippen molar-refractivity contribution in [1.29, 1.82) is 0 Å². The molecule has 0 unspecified atom stereocenters. The topological polar surface area (TPSA) is 122 Å². The molecule has 1 aromatic carbocycles. The van der Waals surface area contributed by atoms with Crippen molar-refractivity contribution in [3.8, 4) is 11.1 Å². The van der Waals surface area contributed by atoms with Gasteiger partial charge >= 0.3 is 0 Å². The van der Waals surface area contributed by atoms with Crippen LogP contribution >= 0.6 is 0 Å². The van der Waals surface area contributed by atoms with E-state index in [4.69, 9.17) is 5.73 Å². The van der Waals surface area contributed by atoms with Crippen LogP contribution in [0.3, 0.4) is 0 Å². The first-order valence-electron chi connectivity index (χ1n) is 9.66.